The quantitative estimate of drug-likeness (QED) is 0.637. The van der Waals surface area contributed by atoms with Crippen LogP contribution in [0.2, 0.25) is 0 Å². The molecule has 27 heavy (non-hydrogen) atoms. The van der Waals surface area contributed by atoms with Crippen molar-refractivity contribution in [1.29, 1.82) is 0 Å². The molecule has 8 heteroatoms. The molecule has 0 spiro atoms. The molecule has 0 aliphatic carbocycles. The van der Waals surface area contributed by atoms with E-state index in [0.29, 0.717) is 5.75 Å². The lowest BCUT2D eigenvalue weighted by atomic mass is 10.1. The summed E-state index contributed by atoms with van der Waals surface area (Å²) in [5.74, 6) is 0.520. The molecular formula is C19H18N2O5S. The molecular weight excluding hydrogens is 368 g/mol. The van der Waals surface area contributed by atoms with E-state index in [1.807, 2.05) is 26.1 Å². The van der Waals surface area contributed by atoms with Crippen LogP contribution < -0.4 is 20.8 Å². The van der Waals surface area contributed by atoms with Crippen molar-refractivity contribution < 1.29 is 22.4 Å². The maximum atomic E-state index is 12.3. The smallest absolute Gasteiger partial charge is 0.297 e. The minimum atomic E-state index is -3.88. The van der Waals surface area contributed by atoms with Gasteiger partial charge in [-0.25, -0.2) is 4.99 Å². The van der Waals surface area contributed by atoms with Crippen molar-refractivity contribution in [3.63, 3.8) is 0 Å². The first kappa shape index (κ1) is 17.7. The second-order valence-corrected chi connectivity index (χ2v) is 7.97. The van der Waals surface area contributed by atoms with Gasteiger partial charge >= 0.3 is 0 Å². The van der Waals surface area contributed by atoms with Gasteiger partial charge < -0.3 is 10.2 Å². The number of allylic oxidation sites excluding steroid dienone is 1. The first-order valence-corrected chi connectivity index (χ1v) is 9.79. The molecule has 2 heterocycles. The van der Waals surface area contributed by atoms with Gasteiger partial charge in [0.15, 0.2) is 5.75 Å². The standard InChI is InChI=1S/C19H18N2O5S/c1-12-3-5-15(6-4-12)27(22,23)24-11-14-9-16-18(26-25-14)8-7-17-19(16)21-13(2)10-20-17/h3-10,14,20H,11H2,1-2H3. The highest BCUT2D eigenvalue weighted by Crippen LogP contribution is 2.17. The molecule has 2 aliphatic heterocycles. The second-order valence-electron chi connectivity index (χ2n) is 6.35. The molecule has 0 saturated heterocycles. The molecule has 0 saturated carbocycles. The highest BCUT2D eigenvalue weighted by Gasteiger charge is 2.22. The van der Waals surface area contributed by atoms with Gasteiger partial charge in [0.05, 0.1) is 21.6 Å². The van der Waals surface area contributed by atoms with Crippen LogP contribution in [-0.4, -0.2) is 21.1 Å². The van der Waals surface area contributed by atoms with Crippen LogP contribution in [0.25, 0.3) is 6.08 Å². The average Bonchev–Trinajstić information content (AvgIpc) is 2.66. The Labute approximate surface area is 156 Å². The van der Waals surface area contributed by atoms with Gasteiger partial charge in [0, 0.05) is 11.4 Å². The lowest BCUT2D eigenvalue weighted by molar-refractivity contribution is -0.236. The molecule has 140 valence electrons. The van der Waals surface area contributed by atoms with Crippen LogP contribution in [0.5, 0.6) is 5.75 Å². The molecule has 0 aromatic heterocycles. The van der Waals surface area contributed by atoms with E-state index in [-0.39, 0.29) is 11.5 Å². The Morgan fingerprint density at radius 2 is 1.93 bits per heavy atom. The topological polar surface area (TPSA) is 86.2 Å². The van der Waals surface area contributed by atoms with Gasteiger partial charge in [0.2, 0.25) is 0 Å². The summed E-state index contributed by atoms with van der Waals surface area (Å²) in [5, 5.41) is 4.62. The van der Waals surface area contributed by atoms with Crippen molar-refractivity contribution in [1.82, 2.24) is 0 Å². The van der Waals surface area contributed by atoms with Crippen LogP contribution in [-0.2, 0) is 19.2 Å². The first-order chi connectivity index (χ1) is 12.9. The highest BCUT2D eigenvalue weighted by atomic mass is 32.2. The predicted molar refractivity (Wildman–Crippen MR) is 98.9 cm³/mol. The van der Waals surface area contributed by atoms with E-state index in [4.69, 9.17) is 14.0 Å². The van der Waals surface area contributed by atoms with Gasteiger partial charge in [-0.1, -0.05) is 17.7 Å². The maximum Gasteiger partial charge on any atom is 0.297 e. The number of benzene rings is 2. The Bertz CT molecular complexity index is 1140. The first-order valence-electron chi connectivity index (χ1n) is 8.39. The van der Waals surface area contributed by atoms with E-state index in [0.717, 1.165) is 27.5 Å². The summed E-state index contributed by atoms with van der Waals surface area (Å²) in [6.07, 6.45) is 2.88. The Balaban J connectivity index is 1.60. The van der Waals surface area contributed by atoms with Crippen molar-refractivity contribution in [2.75, 3.05) is 11.9 Å². The van der Waals surface area contributed by atoms with E-state index in [2.05, 4.69) is 10.3 Å². The maximum absolute atomic E-state index is 12.3. The third kappa shape index (κ3) is 3.59. The molecule has 0 amide bonds. The van der Waals surface area contributed by atoms with Gasteiger partial charge in [-0.05, 0) is 44.2 Å². The van der Waals surface area contributed by atoms with Gasteiger partial charge in [-0.2, -0.15) is 13.3 Å². The predicted octanol–water partition coefficient (Wildman–Crippen LogP) is 1.78. The molecule has 0 fully saturated rings. The Hall–Kier alpha value is -2.68. The summed E-state index contributed by atoms with van der Waals surface area (Å²) in [6, 6.07) is 10.1. The SMILES string of the molecule is CC1=CNc2ccc3c(c2=N1)=CC(COS(=O)(=O)c1ccc(C)cc1)OO3. The van der Waals surface area contributed by atoms with Gasteiger partial charge in [0.1, 0.15) is 12.7 Å². The van der Waals surface area contributed by atoms with Crippen LogP contribution in [0.15, 0.2) is 58.2 Å². The van der Waals surface area contributed by atoms with E-state index in [1.165, 1.54) is 12.1 Å². The monoisotopic (exact) mass is 386 g/mol. The van der Waals surface area contributed by atoms with Crippen molar-refractivity contribution >= 4 is 21.9 Å². The fourth-order valence-corrected chi connectivity index (χ4v) is 3.70. The number of anilines is 1. The number of rotatable bonds is 4. The fraction of sp³-hybridized carbons (Fsp3) is 0.211. The number of aryl methyl sites for hydroxylation is 1. The number of nitrogens with one attached hydrogen (secondary N) is 1. The van der Waals surface area contributed by atoms with Crippen molar-refractivity contribution in [3.8, 4) is 5.75 Å². The molecule has 0 radical (unpaired) electrons. The van der Waals surface area contributed by atoms with Gasteiger partial charge in [-0.3, -0.25) is 4.18 Å². The summed E-state index contributed by atoms with van der Waals surface area (Å²) in [6.45, 7) is 3.56. The van der Waals surface area contributed by atoms with Gasteiger partial charge in [-0.15, -0.1) is 0 Å². The lowest BCUT2D eigenvalue weighted by Crippen LogP contribution is -2.38. The summed E-state index contributed by atoms with van der Waals surface area (Å²) in [7, 11) is -3.88. The van der Waals surface area contributed by atoms with Crippen molar-refractivity contribution in [3.05, 3.63) is 64.4 Å². The van der Waals surface area contributed by atoms with Crippen molar-refractivity contribution in [2.45, 2.75) is 24.8 Å². The second kappa shape index (κ2) is 6.80. The molecule has 1 N–H and O–H groups in total. The molecule has 2 aliphatic rings. The minimum Gasteiger partial charge on any atom is -0.358 e. The Kier molecular flexibility index (Phi) is 4.47. The van der Waals surface area contributed by atoms with E-state index in [9.17, 15) is 8.42 Å². The number of nitrogens with zero attached hydrogens (tertiary/aromatic N) is 1. The highest BCUT2D eigenvalue weighted by molar-refractivity contribution is 7.86. The van der Waals surface area contributed by atoms with Crippen LogP contribution >= 0.6 is 0 Å². The normalized spacial score (nSPS) is 18.0. The average molecular weight is 386 g/mol. The molecule has 0 bridgehead atoms. The number of hydrogen-bond donors (Lipinski definition) is 1. The summed E-state index contributed by atoms with van der Waals surface area (Å²) >= 11 is 0. The molecule has 4 rings (SSSR count). The van der Waals surface area contributed by atoms with Crippen LogP contribution in [0.3, 0.4) is 0 Å². The van der Waals surface area contributed by atoms with E-state index in [1.54, 1.807) is 24.3 Å². The lowest BCUT2D eigenvalue weighted by Gasteiger charge is -2.20. The Morgan fingerprint density at radius 3 is 2.70 bits per heavy atom. The molecule has 2 aromatic carbocycles. The largest absolute Gasteiger partial charge is 0.358 e. The zero-order valence-corrected chi connectivity index (χ0v) is 15.6. The summed E-state index contributed by atoms with van der Waals surface area (Å²) in [4.78, 5) is 15.2. The minimum absolute atomic E-state index is 0.0996. The number of fused-ring (bicyclic) bond motifs is 3. The molecule has 7 nitrogen and oxygen atoms in total. The molecule has 2 aromatic rings. The van der Waals surface area contributed by atoms with E-state index >= 15 is 0 Å². The third-order valence-corrected chi connectivity index (χ3v) is 5.51. The van der Waals surface area contributed by atoms with Gasteiger partial charge in [0.25, 0.3) is 10.1 Å². The van der Waals surface area contributed by atoms with Crippen LogP contribution in [0, 0.1) is 6.92 Å². The molecule has 1 unspecified atom stereocenters. The fourth-order valence-electron chi connectivity index (χ4n) is 2.78. The zero-order valence-electron chi connectivity index (χ0n) is 14.8. The van der Waals surface area contributed by atoms with E-state index < -0.39 is 16.2 Å². The zero-order chi connectivity index (χ0) is 19.0. The van der Waals surface area contributed by atoms with Crippen LogP contribution in [0.1, 0.15) is 12.5 Å². The summed E-state index contributed by atoms with van der Waals surface area (Å²) in [5.41, 5.74) is 2.63. The third-order valence-electron chi connectivity index (χ3n) is 4.21. The van der Waals surface area contributed by atoms with Crippen molar-refractivity contribution in [2.24, 2.45) is 4.99 Å². The summed E-state index contributed by atoms with van der Waals surface area (Å²) < 4.78 is 29.8. The van der Waals surface area contributed by atoms with Crippen LogP contribution in [0.4, 0.5) is 5.69 Å². The number of hydrogen-bond acceptors (Lipinski definition) is 7. The molecule has 1 atom stereocenters. The Morgan fingerprint density at radius 1 is 1.15 bits per heavy atom.